The quantitative estimate of drug-likeness (QED) is 0.297. The molecule has 3 atom stereocenters. The summed E-state index contributed by atoms with van der Waals surface area (Å²) in [6, 6.07) is 0. The van der Waals surface area contributed by atoms with Crippen LogP contribution in [0.4, 0.5) is 0 Å². The summed E-state index contributed by atoms with van der Waals surface area (Å²) in [5.74, 6) is 10.3. The zero-order valence-corrected chi connectivity index (χ0v) is 12.6. The Hall–Kier alpha value is -1.19. The Balaban J connectivity index is 3.86. The molecule has 0 bridgehead atoms. The van der Waals surface area contributed by atoms with Gasteiger partial charge in [0.05, 0.1) is 11.5 Å². The van der Waals surface area contributed by atoms with Crippen molar-refractivity contribution in [3.63, 3.8) is 0 Å². The predicted octanol–water partition coefficient (Wildman–Crippen LogP) is 3.04. The second kappa shape index (κ2) is 12.8. The molecule has 0 amide bonds. The average Bonchev–Trinajstić information content (AvgIpc) is 2.45. The fourth-order valence-corrected chi connectivity index (χ4v) is 1.74. The Morgan fingerprint density at radius 1 is 1.10 bits per heavy atom. The molecule has 0 radical (unpaired) electrons. The molecule has 0 unspecified atom stereocenters. The number of hydrogen-bond donors (Lipinski definition) is 2. The number of aliphatic hydroxyl groups excluding tert-OH is 2. The molecule has 0 fully saturated rings. The Morgan fingerprint density at radius 3 is 2.50 bits per heavy atom. The van der Waals surface area contributed by atoms with Gasteiger partial charge in [-0.25, -0.2) is 0 Å². The number of unbranched alkanes of at least 4 members (excludes halogenated alkanes) is 3. The van der Waals surface area contributed by atoms with E-state index in [2.05, 4.69) is 36.8 Å². The highest BCUT2D eigenvalue weighted by molar-refractivity contribution is 6.21. The lowest BCUT2D eigenvalue weighted by molar-refractivity contribution is 0.170. The van der Waals surface area contributed by atoms with Crippen molar-refractivity contribution in [3.8, 4) is 23.7 Å². The van der Waals surface area contributed by atoms with Gasteiger partial charge >= 0.3 is 0 Å². The largest absolute Gasteiger partial charge is 0.391 e. The third-order valence-electron chi connectivity index (χ3n) is 2.71. The van der Waals surface area contributed by atoms with Gasteiger partial charge in [-0.05, 0) is 31.1 Å². The molecule has 0 aliphatic heterocycles. The first-order valence-corrected chi connectivity index (χ1v) is 7.27. The van der Waals surface area contributed by atoms with Gasteiger partial charge < -0.3 is 10.2 Å². The zero-order valence-electron chi connectivity index (χ0n) is 11.8. The van der Waals surface area contributed by atoms with Crippen molar-refractivity contribution in [3.05, 3.63) is 25.3 Å². The third kappa shape index (κ3) is 10.7. The highest BCUT2D eigenvalue weighted by atomic mass is 35.5. The van der Waals surface area contributed by atoms with Gasteiger partial charge in [-0.15, -0.1) is 18.2 Å². The number of aliphatic hydroxyl groups is 2. The smallest absolute Gasteiger partial charge is 0.134 e. The molecule has 0 aromatic heterocycles. The third-order valence-corrected chi connectivity index (χ3v) is 3.22. The summed E-state index contributed by atoms with van der Waals surface area (Å²) in [4.78, 5) is 0. The number of halogens is 1. The Morgan fingerprint density at radius 2 is 1.85 bits per heavy atom. The topological polar surface area (TPSA) is 40.5 Å². The van der Waals surface area contributed by atoms with Crippen molar-refractivity contribution in [2.45, 2.75) is 56.1 Å². The maximum absolute atomic E-state index is 9.81. The van der Waals surface area contributed by atoms with Crippen LogP contribution in [-0.2, 0) is 0 Å². The summed E-state index contributed by atoms with van der Waals surface area (Å²) in [7, 11) is 0. The molecule has 0 heterocycles. The molecule has 20 heavy (non-hydrogen) atoms. The van der Waals surface area contributed by atoms with Crippen molar-refractivity contribution in [2.24, 2.45) is 0 Å². The normalized spacial score (nSPS) is 13.9. The summed E-state index contributed by atoms with van der Waals surface area (Å²) in [6.45, 7) is 7.07. The Labute approximate surface area is 127 Å². The first-order valence-electron chi connectivity index (χ1n) is 6.83. The molecule has 0 aliphatic carbocycles. The van der Waals surface area contributed by atoms with Crippen molar-refractivity contribution in [2.75, 3.05) is 0 Å². The highest BCUT2D eigenvalue weighted by Gasteiger charge is 2.14. The van der Waals surface area contributed by atoms with Gasteiger partial charge in [-0.3, -0.25) is 0 Å². The van der Waals surface area contributed by atoms with Gasteiger partial charge in [-0.1, -0.05) is 43.4 Å². The van der Waals surface area contributed by atoms with Gasteiger partial charge in [0.2, 0.25) is 0 Å². The summed E-state index contributed by atoms with van der Waals surface area (Å²) >= 11 is 6.10. The van der Waals surface area contributed by atoms with Gasteiger partial charge in [0.15, 0.2) is 0 Å². The van der Waals surface area contributed by atoms with Crippen molar-refractivity contribution >= 4 is 11.6 Å². The van der Waals surface area contributed by atoms with Gasteiger partial charge in [-0.2, -0.15) is 0 Å². The lowest BCUT2D eigenvalue weighted by atomic mass is 10.1. The summed E-state index contributed by atoms with van der Waals surface area (Å²) < 4.78 is 0. The monoisotopic (exact) mass is 294 g/mol. The van der Waals surface area contributed by atoms with Crippen LogP contribution in [0.1, 0.15) is 38.5 Å². The zero-order chi connectivity index (χ0) is 15.2. The second-order valence-electron chi connectivity index (χ2n) is 4.47. The fraction of sp³-hybridized carbons (Fsp3) is 0.529. The summed E-state index contributed by atoms with van der Waals surface area (Å²) in [6.07, 6.45) is 7.04. The van der Waals surface area contributed by atoms with E-state index >= 15 is 0 Å². The van der Waals surface area contributed by atoms with Crippen molar-refractivity contribution < 1.29 is 10.2 Å². The molecule has 0 aliphatic rings. The van der Waals surface area contributed by atoms with Crippen LogP contribution in [0.3, 0.4) is 0 Å². The van der Waals surface area contributed by atoms with Crippen LogP contribution >= 0.6 is 11.6 Å². The van der Waals surface area contributed by atoms with E-state index in [0.29, 0.717) is 6.42 Å². The SMILES string of the molecule is C=CCCCCC[C@@H](Cl)[C@H](O)CC#CC#C[C@@H](O)C=C. The number of hydrogen-bond acceptors (Lipinski definition) is 2. The molecule has 0 saturated heterocycles. The minimum absolute atomic E-state index is 0.278. The van der Waals surface area contributed by atoms with Gasteiger partial charge in [0.25, 0.3) is 0 Å². The first-order chi connectivity index (χ1) is 9.61. The molecule has 0 rings (SSSR count). The lowest BCUT2D eigenvalue weighted by Crippen LogP contribution is -2.20. The number of allylic oxidation sites excluding steroid dienone is 1. The minimum atomic E-state index is -0.856. The molecule has 0 aromatic rings. The standard InChI is InChI=1S/C17H23ClO2/c1-3-5-6-7-10-13-16(18)17(20)14-11-8-9-12-15(19)4-2/h3-4,15-17,19-20H,1-2,5-7,10,13-14H2/t15-,16+,17+/m0/s1. The number of alkyl halides is 1. The number of rotatable bonds is 9. The van der Waals surface area contributed by atoms with Crippen molar-refractivity contribution in [1.29, 1.82) is 0 Å². The maximum Gasteiger partial charge on any atom is 0.134 e. The van der Waals surface area contributed by atoms with E-state index in [9.17, 15) is 5.11 Å². The molecule has 0 aromatic carbocycles. The first kappa shape index (κ1) is 18.8. The van der Waals surface area contributed by atoms with Crippen LogP contribution < -0.4 is 0 Å². The van der Waals surface area contributed by atoms with Crippen LogP contribution in [0.25, 0.3) is 0 Å². The van der Waals surface area contributed by atoms with E-state index in [-0.39, 0.29) is 5.38 Å². The highest BCUT2D eigenvalue weighted by Crippen LogP contribution is 2.15. The molecular formula is C17H23ClO2. The molecule has 0 saturated carbocycles. The summed E-state index contributed by atoms with van der Waals surface area (Å²) in [5, 5.41) is 18.6. The predicted molar refractivity (Wildman–Crippen MR) is 85.3 cm³/mol. The van der Waals surface area contributed by atoms with Gasteiger partial charge in [0, 0.05) is 6.42 Å². The van der Waals surface area contributed by atoms with E-state index in [1.807, 2.05) is 6.08 Å². The van der Waals surface area contributed by atoms with E-state index in [4.69, 9.17) is 16.7 Å². The molecular weight excluding hydrogens is 272 g/mol. The second-order valence-corrected chi connectivity index (χ2v) is 5.03. The van der Waals surface area contributed by atoms with Crippen LogP contribution in [-0.4, -0.2) is 27.8 Å². The summed E-state index contributed by atoms with van der Waals surface area (Å²) in [5.41, 5.74) is 0. The van der Waals surface area contributed by atoms with Crippen LogP contribution in [0.5, 0.6) is 0 Å². The van der Waals surface area contributed by atoms with E-state index < -0.39 is 12.2 Å². The van der Waals surface area contributed by atoms with Crippen molar-refractivity contribution in [1.82, 2.24) is 0 Å². The van der Waals surface area contributed by atoms with E-state index in [1.54, 1.807) is 0 Å². The van der Waals surface area contributed by atoms with Gasteiger partial charge in [0.1, 0.15) is 6.10 Å². The van der Waals surface area contributed by atoms with Crippen LogP contribution in [0, 0.1) is 23.7 Å². The Bertz CT molecular complexity index is 395. The molecule has 2 nitrogen and oxygen atoms in total. The van der Waals surface area contributed by atoms with E-state index in [1.165, 1.54) is 6.08 Å². The molecule has 110 valence electrons. The average molecular weight is 295 g/mol. The van der Waals surface area contributed by atoms with E-state index in [0.717, 1.165) is 32.1 Å². The van der Waals surface area contributed by atoms with Crippen LogP contribution in [0.15, 0.2) is 25.3 Å². The van der Waals surface area contributed by atoms with Crippen LogP contribution in [0.2, 0.25) is 0 Å². The molecule has 2 N–H and O–H groups in total. The molecule has 0 spiro atoms. The fourth-order valence-electron chi connectivity index (χ4n) is 1.49. The molecule has 3 heteroatoms. The Kier molecular flexibility index (Phi) is 12.1. The lowest BCUT2D eigenvalue weighted by Gasteiger charge is -2.14. The maximum atomic E-state index is 9.81. The minimum Gasteiger partial charge on any atom is -0.391 e.